The van der Waals surface area contributed by atoms with Gasteiger partial charge in [-0.2, -0.15) is 5.10 Å². The highest BCUT2D eigenvalue weighted by atomic mass is 16.5. The normalized spacial score (nSPS) is 12.6. The Balaban J connectivity index is 1.79. The first-order valence-electron chi connectivity index (χ1n) is 8.44. The molecule has 0 spiro atoms. The molecule has 1 unspecified atom stereocenters. The summed E-state index contributed by atoms with van der Waals surface area (Å²) in [7, 11) is 0. The van der Waals surface area contributed by atoms with E-state index >= 15 is 0 Å². The van der Waals surface area contributed by atoms with Gasteiger partial charge in [-0.3, -0.25) is 4.68 Å². The van der Waals surface area contributed by atoms with Crippen LogP contribution in [0.4, 0.5) is 0 Å². The second kappa shape index (κ2) is 8.16. The molecule has 1 aromatic heterocycles. The largest absolute Gasteiger partial charge is 0.491 e. The van der Waals surface area contributed by atoms with Crippen LogP contribution in [0.5, 0.6) is 5.75 Å². The maximum atomic E-state index is 5.74. The summed E-state index contributed by atoms with van der Waals surface area (Å²) in [6, 6.07) is 10.9. The minimum Gasteiger partial charge on any atom is -0.491 e. The molecule has 4 nitrogen and oxygen atoms in total. The van der Waals surface area contributed by atoms with Crippen LogP contribution in [0, 0.1) is 13.8 Å². The van der Waals surface area contributed by atoms with Crippen molar-refractivity contribution in [3.8, 4) is 5.75 Å². The van der Waals surface area contributed by atoms with Crippen LogP contribution in [0.15, 0.2) is 30.3 Å². The van der Waals surface area contributed by atoms with Crippen LogP contribution in [0.1, 0.15) is 37.7 Å². The topological polar surface area (TPSA) is 39.1 Å². The molecule has 1 heterocycles. The highest BCUT2D eigenvalue weighted by Crippen LogP contribution is 2.15. The monoisotopic (exact) mass is 315 g/mol. The molecular formula is C19H29N3O. The van der Waals surface area contributed by atoms with E-state index in [9.17, 15) is 0 Å². The summed E-state index contributed by atoms with van der Waals surface area (Å²) in [4.78, 5) is 0. The number of hydrogen-bond acceptors (Lipinski definition) is 3. The van der Waals surface area contributed by atoms with Gasteiger partial charge in [-0.25, -0.2) is 0 Å². The summed E-state index contributed by atoms with van der Waals surface area (Å²) in [6.07, 6.45) is 1.21. The predicted molar refractivity (Wildman–Crippen MR) is 95.1 cm³/mol. The molecule has 0 aliphatic heterocycles. The lowest BCUT2D eigenvalue weighted by molar-refractivity contribution is 0.242. The van der Waals surface area contributed by atoms with Crippen molar-refractivity contribution in [2.75, 3.05) is 6.54 Å². The molecular weight excluding hydrogens is 286 g/mol. The molecule has 0 amide bonds. The molecule has 2 rings (SSSR count). The van der Waals surface area contributed by atoms with E-state index in [2.05, 4.69) is 67.1 Å². The van der Waals surface area contributed by atoms with Gasteiger partial charge in [0.2, 0.25) is 0 Å². The van der Waals surface area contributed by atoms with E-state index in [1.165, 1.54) is 11.3 Å². The van der Waals surface area contributed by atoms with E-state index in [1.807, 2.05) is 13.0 Å². The Morgan fingerprint density at radius 2 is 1.96 bits per heavy atom. The van der Waals surface area contributed by atoms with E-state index in [0.29, 0.717) is 6.04 Å². The van der Waals surface area contributed by atoms with Gasteiger partial charge in [0.25, 0.3) is 0 Å². The Morgan fingerprint density at radius 3 is 2.61 bits per heavy atom. The van der Waals surface area contributed by atoms with Crippen LogP contribution in [0.3, 0.4) is 0 Å². The minimum atomic E-state index is 0.212. The van der Waals surface area contributed by atoms with Gasteiger partial charge in [0.05, 0.1) is 18.3 Å². The van der Waals surface area contributed by atoms with Crippen molar-refractivity contribution >= 4 is 0 Å². The van der Waals surface area contributed by atoms with Crippen molar-refractivity contribution in [1.82, 2.24) is 15.1 Å². The zero-order valence-corrected chi connectivity index (χ0v) is 15.0. The van der Waals surface area contributed by atoms with E-state index in [0.717, 1.165) is 31.0 Å². The first-order valence-corrected chi connectivity index (χ1v) is 8.44. The molecule has 0 saturated carbocycles. The number of benzene rings is 1. The van der Waals surface area contributed by atoms with Crippen LogP contribution in [-0.4, -0.2) is 28.5 Å². The van der Waals surface area contributed by atoms with Gasteiger partial charge < -0.3 is 10.1 Å². The number of rotatable bonds is 8. The molecule has 1 atom stereocenters. The Morgan fingerprint density at radius 1 is 1.17 bits per heavy atom. The molecule has 0 aliphatic rings. The first kappa shape index (κ1) is 17.5. The maximum absolute atomic E-state index is 5.74. The van der Waals surface area contributed by atoms with Crippen molar-refractivity contribution in [3.63, 3.8) is 0 Å². The van der Waals surface area contributed by atoms with E-state index in [4.69, 9.17) is 4.74 Å². The van der Waals surface area contributed by atoms with Gasteiger partial charge in [0.1, 0.15) is 5.75 Å². The summed E-state index contributed by atoms with van der Waals surface area (Å²) in [5, 5.41) is 8.09. The summed E-state index contributed by atoms with van der Waals surface area (Å²) in [5.41, 5.74) is 3.60. The highest BCUT2D eigenvalue weighted by molar-refractivity contribution is 5.28. The van der Waals surface area contributed by atoms with Gasteiger partial charge in [-0.05, 0) is 71.3 Å². The summed E-state index contributed by atoms with van der Waals surface area (Å²) < 4.78 is 7.82. The summed E-state index contributed by atoms with van der Waals surface area (Å²) in [5.74, 6) is 0.952. The third-order valence-corrected chi connectivity index (χ3v) is 3.73. The van der Waals surface area contributed by atoms with E-state index in [-0.39, 0.29) is 6.10 Å². The van der Waals surface area contributed by atoms with Crippen molar-refractivity contribution in [2.24, 2.45) is 0 Å². The van der Waals surface area contributed by atoms with Gasteiger partial charge in [-0.1, -0.05) is 12.1 Å². The molecule has 0 radical (unpaired) electrons. The van der Waals surface area contributed by atoms with Gasteiger partial charge in [-0.15, -0.1) is 0 Å². The van der Waals surface area contributed by atoms with Crippen molar-refractivity contribution in [1.29, 1.82) is 0 Å². The molecule has 2 aromatic rings. The van der Waals surface area contributed by atoms with Gasteiger partial charge in [0, 0.05) is 11.7 Å². The third-order valence-electron chi connectivity index (χ3n) is 3.73. The van der Waals surface area contributed by atoms with Crippen LogP contribution < -0.4 is 10.1 Å². The standard InChI is InChI=1S/C19H29N3O/c1-14(2)23-19-8-6-7-18(12-19)9-10-20-16(4)13-22-17(5)11-15(3)21-22/h6-8,11-12,14,16,20H,9-10,13H2,1-5H3. The van der Waals surface area contributed by atoms with Gasteiger partial charge in [0.15, 0.2) is 0 Å². The second-order valence-corrected chi connectivity index (χ2v) is 6.53. The zero-order chi connectivity index (χ0) is 16.8. The second-order valence-electron chi connectivity index (χ2n) is 6.53. The van der Waals surface area contributed by atoms with Crippen LogP contribution >= 0.6 is 0 Å². The number of aromatic nitrogens is 2. The molecule has 23 heavy (non-hydrogen) atoms. The van der Waals surface area contributed by atoms with E-state index < -0.39 is 0 Å². The SMILES string of the molecule is Cc1cc(C)n(CC(C)NCCc2cccc(OC(C)C)c2)n1. The minimum absolute atomic E-state index is 0.212. The number of nitrogens with zero attached hydrogens (tertiary/aromatic N) is 2. The summed E-state index contributed by atoms with van der Waals surface area (Å²) in [6.45, 7) is 12.3. The average Bonchev–Trinajstić information content (AvgIpc) is 2.76. The number of hydrogen-bond donors (Lipinski definition) is 1. The van der Waals surface area contributed by atoms with Crippen molar-refractivity contribution < 1.29 is 4.74 Å². The Labute approximate surface area is 139 Å². The Kier molecular flexibility index (Phi) is 6.22. The van der Waals surface area contributed by atoms with Crippen molar-refractivity contribution in [3.05, 3.63) is 47.3 Å². The first-order chi connectivity index (χ1) is 10.9. The Hall–Kier alpha value is -1.81. The maximum Gasteiger partial charge on any atom is 0.119 e. The lowest BCUT2D eigenvalue weighted by Crippen LogP contribution is -2.32. The van der Waals surface area contributed by atoms with Crippen LogP contribution in [-0.2, 0) is 13.0 Å². The highest BCUT2D eigenvalue weighted by Gasteiger charge is 2.07. The molecule has 0 saturated heterocycles. The van der Waals surface area contributed by atoms with Crippen LogP contribution in [0.25, 0.3) is 0 Å². The van der Waals surface area contributed by atoms with Crippen LogP contribution in [0.2, 0.25) is 0 Å². The number of nitrogens with one attached hydrogen (secondary N) is 1. The predicted octanol–water partition coefficient (Wildman–Crippen LogP) is 3.51. The number of ether oxygens (including phenoxy) is 1. The zero-order valence-electron chi connectivity index (χ0n) is 15.0. The van der Waals surface area contributed by atoms with Crippen molar-refractivity contribution in [2.45, 2.75) is 59.7 Å². The number of aryl methyl sites for hydroxylation is 2. The third kappa shape index (κ3) is 5.71. The lowest BCUT2D eigenvalue weighted by atomic mass is 10.1. The summed E-state index contributed by atoms with van der Waals surface area (Å²) >= 11 is 0. The molecule has 4 heteroatoms. The average molecular weight is 315 g/mol. The van der Waals surface area contributed by atoms with Gasteiger partial charge >= 0.3 is 0 Å². The molecule has 0 fully saturated rings. The quantitative estimate of drug-likeness (QED) is 0.810. The Bertz CT molecular complexity index is 619. The molecule has 0 aliphatic carbocycles. The molecule has 1 aromatic carbocycles. The van der Waals surface area contributed by atoms with E-state index in [1.54, 1.807) is 0 Å². The fourth-order valence-corrected chi connectivity index (χ4v) is 2.69. The lowest BCUT2D eigenvalue weighted by Gasteiger charge is -2.15. The molecule has 0 bridgehead atoms. The fraction of sp³-hybridized carbons (Fsp3) is 0.526. The molecule has 126 valence electrons. The fourth-order valence-electron chi connectivity index (χ4n) is 2.69. The smallest absolute Gasteiger partial charge is 0.119 e. The molecule has 1 N–H and O–H groups in total.